The molecule has 0 aromatic carbocycles. The third kappa shape index (κ3) is 3.58. The molecule has 0 saturated carbocycles. The van der Waals surface area contributed by atoms with Gasteiger partial charge in [-0.1, -0.05) is 0 Å². The van der Waals surface area contributed by atoms with E-state index in [0.717, 1.165) is 26.1 Å². The fourth-order valence-corrected chi connectivity index (χ4v) is 4.10. The molecule has 2 amide bonds. The lowest BCUT2D eigenvalue weighted by Gasteiger charge is -2.23. The Bertz CT molecular complexity index is 410. The van der Waals surface area contributed by atoms with E-state index in [1.54, 1.807) is 4.90 Å². The monoisotopic (exact) mass is 275 g/mol. The van der Waals surface area contributed by atoms with E-state index < -0.39 is 9.84 Å². The number of hydrogen-bond acceptors (Lipinski definition) is 4. The molecule has 0 bridgehead atoms. The second kappa shape index (κ2) is 5.44. The maximum atomic E-state index is 12.0. The SMILES string of the molecule is CN1CCCN(C(=O)NC2CCS(=O)(=O)C2)CC1. The number of carbonyl (C=O) groups excluding carboxylic acids is 1. The van der Waals surface area contributed by atoms with Gasteiger partial charge in [0.15, 0.2) is 9.84 Å². The molecule has 2 rings (SSSR count). The van der Waals surface area contributed by atoms with Crippen molar-refractivity contribution in [2.75, 3.05) is 44.7 Å². The molecule has 1 N–H and O–H groups in total. The van der Waals surface area contributed by atoms with Gasteiger partial charge in [0.05, 0.1) is 11.5 Å². The van der Waals surface area contributed by atoms with E-state index in [4.69, 9.17) is 0 Å². The van der Waals surface area contributed by atoms with E-state index in [-0.39, 0.29) is 23.6 Å². The van der Waals surface area contributed by atoms with Crippen LogP contribution in [0.25, 0.3) is 0 Å². The minimum Gasteiger partial charge on any atom is -0.334 e. The number of nitrogens with zero attached hydrogens (tertiary/aromatic N) is 2. The van der Waals surface area contributed by atoms with E-state index in [1.807, 2.05) is 7.05 Å². The maximum Gasteiger partial charge on any atom is 0.317 e. The third-order valence-electron chi connectivity index (χ3n) is 3.57. The molecule has 0 aliphatic carbocycles. The second-order valence-electron chi connectivity index (χ2n) is 5.19. The zero-order valence-corrected chi connectivity index (χ0v) is 11.6. The summed E-state index contributed by atoms with van der Waals surface area (Å²) in [6, 6.07) is -0.323. The number of urea groups is 1. The van der Waals surface area contributed by atoms with Crippen molar-refractivity contribution in [3.05, 3.63) is 0 Å². The Kier molecular flexibility index (Phi) is 4.11. The molecule has 7 heteroatoms. The molecule has 1 unspecified atom stereocenters. The van der Waals surface area contributed by atoms with Crippen LogP contribution < -0.4 is 5.32 Å². The highest BCUT2D eigenvalue weighted by Crippen LogP contribution is 2.12. The van der Waals surface area contributed by atoms with Gasteiger partial charge < -0.3 is 15.1 Å². The average molecular weight is 275 g/mol. The fraction of sp³-hybridized carbons (Fsp3) is 0.909. The Hall–Kier alpha value is -0.820. The summed E-state index contributed by atoms with van der Waals surface area (Å²) >= 11 is 0. The fourth-order valence-electron chi connectivity index (χ4n) is 2.42. The summed E-state index contributed by atoms with van der Waals surface area (Å²) in [7, 11) is -0.883. The Labute approximate surface area is 108 Å². The van der Waals surface area contributed by atoms with Crippen LogP contribution in [0, 0.1) is 0 Å². The van der Waals surface area contributed by atoms with Crippen LogP contribution in [-0.2, 0) is 9.84 Å². The largest absolute Gasteiger partial charge is 0.334 e. The summed E-state index contributed by atoms with van der Waals surface area (Å²) in [4.78, 5) is 16.0. The number of hydrogen-bond donors (Lipinski definition) is 1. The van der Waals surface area contributed by atoms with E-state index in [9.17, 15) is 13.2 Å². The minimum atomic E-state index is -2.93. The van der Waals surface area contributed by atoms with Gasteiger partial charge in [0.2, 0.25) is 0 Å². The van der Waals surface area contributed by atoms with Gasteiger partial charge in [-0.2, -0.15) is 0 Å². The predicted octanol–water partition coefficient (Wildman–Crippen LogP) is -0.479. The van der Waals surface area contributed by atoms with Gasteiger partial charge in [-0.05, 0) is 26.4 Å². The smallest absolute Gasteiger partial charge is 0.317 e. The number of sulfone groups is 1. The normalized spacial score (nSPS) is 28.9. The highest BCUT2D eigenvalue weighted by Gasteiger charge is 2.30. The molecule has 0 aromatic rings. The lowest BCUT2D eigenvalue weighted by Crippen LogP contribution is -2.46. The first-order valence-corrected chi connectivity index (χ1v) is 8.23. The second-order valence-corrected chi connectivity index (χ2v) is 7.42. The van der Waals surface area contributed by atoms with Gasteiger partial charge in [0, 0.05) is 25.7 Å². The first kappa shape index (κ1) is 13.6. The van der Waals surface area contributed by atoms with E-state index in [1.165, 1.54) is 0 Å². The number of carbonyl (C=O) groups is 1. The summed E-state index contributed by atoms with van der Waals surface area (Å²) < 4.78 is 22.7. The summed E-state index contributed by atoms with van der Waals surface area (Å²) in [5.74, 6) is 0.285. The Balaban J connectivity index is 1.84. The lowest BCUT2D eigenvalue weighted by molar-refractivity contribution is 0.196. The standard InChI is InChI=1S/C11H21N3O3S/c1-13-4-2-5-14(7-6-13)11(15)12-10-3-8-18(16,17)9-10/h10H,2-9H2,1H3,(H,12,15). The predicted molar refractivity (Wildman–Crippen MR) is 69.3 cm³/mol. The summed E-state index contributed by atoms with van der Waals surface area (Å²) in [6.07, 6.45) is 1.51. The van der Waals surface area contributed by atoms with Gasteiger partial charge >= 0.3 is 6.03 Å². The molecular weight excluding hydrogens is 254 g/mol. The van der Waals surface area contributed by atoms with Gasteiger partial charge in [-0.3, -0.25) is 0 Å². The molecule has 2 fully saturated rings. The number of nitrogens with one attached hydrogen (secondary N) is 1. The quantitative estimate of drug-likeness (QED) is 0.702. The van der Waals surface area contributed by atoms with Gasteiger partial charge in [-0.25, -0.2) is 13.2 Å². The maximum absolute atomic E-state index is 12.0. The molecule has 2 aliphatic rings. The van der Waals surface area contributed by atoms with E-state index >= 15 is 0 Å². The molecule has 2 saturated heterocycles. The minimum absolute atomic E-state index is 0.0898. The Morgan fingerprint density at radius 3 is 2.67 bits per heavy atom. The number of likely N-dealkylation sites (N-methyl/N-ethyl adjacent to an activating group) is 1. The van der Waals surface area contributed by atoms with Crippen LogP contribution in [0.3, 0.4) is 0 Å². The van der Waals surface area contributed by atoms with Crippen LogP contribution in [0.4, 0.5) is 4.79 Å². The Morgan fingerprint density at radius 1 is 1.22 bits per heavy atom. The highest BCUT2D eigenvalue weighted by atomic mass is 32.2. The van der Waals surface area contributed by atoms with E-state index in [2.05, 4.69) is 10.2 Å². The lowest BCUT2D eigenvalue weighted by atomic mass is 10.3. The van der Waals surface area contributed by atoms with Crippen LogP contribution in [0.5, 0.6) is 0 Å². The van der Waals surface area contributed by atoms with Crippen LogP contribution in [0.1, 0.15) is 12.8 Å². The molecule has 18 heavy (non-hydrogen) atoms. The van der Waals surface area contributed by atoms with Crippen molar-refractivity contribution in [1.82, 2.24) is 15.1 Å². The van der Waals surface area contributed by atoms with Crippen molar-refractivity contribution in [3.63, 3.8) is 0 Å². The van der Waals surface area contributed by atoms with Gasteiger partial charge in [-0.15, -0.1) is 0 Å². The van der Waals surface area contributed by atoms with Gasteiger partial charge in [0.1, 0.15) is 0 Å². The van der Waals surface area contributed by atoms with Crippen LogP contribution in [-0.4, -0.2) is 75.0 Å². The van der Waals surface area contributed by atoms with Crippen LogP contribution in [0.2, 0.25) is 0 Å². The Morgan fingerprint density at radius 2 is 2.00 bits per heavy atom. The zero-order chi connectivity index (χ0) is 13.2. The van der Waals surface area contributed by atoms with Crippen molar-refractivity contribution < 1.29 is 13.2 Å². The summed E-state index contributed by atoms with van der Waals surface area (Å²) in [5, 5.41) is 2.84. The first-order chi connectivity index (χ1) is 8.46. The van der Waals surface area contributed by atoms with Crippen LogP contribution in [0.15, 0.2) is 0 Å². The summed E-state index contributed by atoms with van der Waals surface area (Å²) in [6.45, 7) is 3.33. The zero-order valence-electron chi connectivity index (χ0n) is 10.8. The van der Waals surface area contributed by atoms with Gasteiger partial charge in [0.25, 0.3) is 0 Å². The highest BCUT2D eigenvalue weighted by molar-refractivity contribution is 7.91. The molecular formula is C11H21N3O3S. The first-order valence-electron chi connectivity index (χ1n) is 6.41. The third-order valence-corrected chi connectivity index (χ3v) is 5.33. The molecule has 0 aromatic heterocycles. The molecule has 0 spiro atoms. The summed E-state index contributed by atoms with van der Waals surface area (Å²) in [5.41, 5.74) is 0. The molecule has 2 heterocycles. The molecule has 0 radical (unpaired) electrons. The topological polar surface area (TPSA) is 69.7 Å². The molecule has 104 valence electrons. The average Bonchev–Trinajstić information content (AvgIpc) is 2.50. The molecule has 6 nitrogen and oxygen atoms in total. The number of rotatable bonds is 1. The van der Waals surface area contributed by atoms with Crippen molar-refractivity contribution in [3.8, 4) is 0 Å². The number of amides is 2. The van der Waals surface area contributed by atoms with Crippen molar-refractivity contribution in [2.45, 2.75) is 18.9 Å². The molecule has 2 aliphatic heterocycles. The van der Waals surface area contributed by atoms with Crippen molar-refractivity contribution in [1.29, 1.82) is 0 Å². The van der Waals surface area contributed by atoms with Crippen molar-refractivity contribution >= 4 is 15.9 Å². The van der Waals surface area contributed by atoms with Crippen LogP contribution >= 0.6 is 0 Å². The van der Waals surface area contributed by atoms with E-state index in [0.29, 0.717) is 13.0 Å². The van der Waals surface area contributed by atoms with Crippen molar-refractivity contribution in [2.24, 2.45) is 0 Å². The molecule has 1 atom stereocenters.